The standard InChI is InChI=1S/C9H12N4/c1-2-7-3-5-8(6-4-7)9-10-12-13-11-9/h3-6,9H,2H2,1H3,(H,10,13)(H,11,12). The van der Waals surface area contributed by atoms with Gasteiger partial charge < -0.3 is 0 Å². The summed E-state index contributed by atoms with van der Waals surface area (Å²) in [4.78, 5) is 0. The van der Waals surface area contributed by atoms with E-state index in [0.29, 0.717) is 0 Å². The third-order valence-corrected chi connectivity index (χ3v) is 2.13. The molecule has 1 aromatic carbocycles. The summed E-state index contributed by atoms with van der Waals surface area (Å²) in [6.45, 7) is 2.14. The highest BCUT2D eigenvalue weighted by Crippen LogP contribution is 2.17. The summed E-state index contributed by atoms with van der Waals surface area (Å²) < 4.78 is 0. The van der Waals surface area contributed by atoms with Crippen LogP contribution in [0.15, 0.2) is 34.6 Å². The van der Waals surface area contributed by atoms with Gasteiger partial charge in [-0.1, -0.05) is 36.4 Å². The lowest BCUT2D eigenvalue weighted by Gasteiger charge is -2.06. The van der Waals surface area contributed by atoms with Crippen LogP contribution in [0.2, 0.25) is 0 Å². The van der Waals surface area contributed by atoms with Crippen LogP contribution >= 0.6 is 0 Å². The van der Waals surface area contributed by atoms with Gasteiger partial charge >= 0.3 is 0 Å². The third-order valence-electron chi connectivity index (χ3n) is 2.13. The molecule has 0 spiro atoms. The van der Waals surface area contributed by atoms with E-state index in [4.69, 9.17) is 0 Å². The van der Waals surface area contributed by atoms with Gasteiger partial charge in [0.25, 0.3) is 0 Å². The fourth-order valence-corrected chi connectivity index (χ4v) is 1.29. The van der Waals surface area contributed by atoms with Crippen LogP contribution in [0.3, 0.4) is 0 Å². The molecule has 1 atom stereocenters. The van der Waals surface area contributed by atoms with Gasteiger partial charge in [0.05, 0.1) is 0 Å². The molecule has 68 valence electrons. The number of aryl methyl sites for hydroxylation is 1. The molecule has 13 heavy (non-hydrogen) atoms. The molecule has 4 heteroatoms. The van der Waals surface area contributed by atoms with Gasteiger partial charge in [0.15, 0.2) is 6.17 Å². The molecule has 4 nitrogen and oxygen atoms in total. The highest BCUT2D eigenvalue weighted by Gasteiger charge is 2.12. The molecule has 0 aromatic heterocycles. The van der Waals surface area contributed by atoms with Crippen molar-refractivity contribution >= 4 is 0 Å². The van der Waals surface area contributed by atoms with Crippen molar-refractivity contribution in [1.82, 2.24) is 11.0 Å². The van der Waals surface area contributed by atoms with Gasteiger partial charge in [-0.15, -0.1) is 5.11 Å². The SMILES string of the molecule is CCc1ccc(C2N=NNN2)cc1. The lowest BCUT2D eigenvalue weighted by Crippen LogP contribution is -2.23. The maximum atomic E-state index is 3.96. The van der Waals surface area contributed by atoms with Gasteiger partial charge in [-0.2, -0.15) is 5.43 Å². The molecule has 0 saturated heterocycles. The Morgan fingerprint density at radius 3 is 2.62 bits per heavy atom. The molecular weight excluding hydrogens is 164 g/mol. The Kier molecular flexibility index (Phi) is 2.23. The van der Waals surface area contributed by atoms with E-state index < -0.39 is 0 Å². The van der Waals surface area contributed by atoms with Crippen LogP contribution < -0.4 is 11.0 Å². The minimum atomic E-state index is -0.0362. The average Bonchev–Trinajstić information content (AvgIpc) is 2.71. The van der Waals surface area contributed by atoms with Crippen LogP contribution in [0.25, 0.3) is 0 Å². The number of nitrogens with one attached hydrogen (secondary N) is 2. The Morgan fingerprint density at radius 2 is 2.08 bits per heavy atom. The zero-order valence-corrected chi connectivity index (χ0v) is 7.49. The van der Waals surface area contributed by atoms with E-state index in [0.717, 1.165) is 12.0 Å². The highest BCUT2D eigenvalue weighted by molar-refractivity contribution is 5.24. The Bertz CT molecular complexity index is 304. The average molecular weight is 176 g/mol. The minimum Gasteiger partial charge on any atom is -0.222 e. The first-order chi connectivity index (χ1) is 6.40. The predicted octanol–water partition coefficient (Wildman–Crippen LogP) is 1.72. The van der Waals surface area contributed by atoms with Gasteiger partial charge in [-0.05, 0) is 17.5 Å². The van der Waals surface area contributed by atoms with Crippen LogP contribution in [-0.4, -0.2) is 0 Å². The smallest absolute Gasteiger partial charge is 0.166 e. The molecule has 0 saturated carbocycles. The molecule has 2 rings (SSSR count). The molecule has 1 aliphatic rings. The van der Waals surface area contributed by atoms with Crippen molar-refractivity contribution in [3.05, 3.63) is 35.4 Å². The van der Waals surface area contributed by atoms with E-state index in [-0.39, 0.29) is 6.17 Å². The molecule has 1 unspecified atom stereocenters. The van der Waals surface area contributed by atoms with Crippen molar-refractivity contribution in [1.29, 1.82) is 0 Å². The van der Waals surface area contributed by atoms with Gasteiger partial charge in [0.1, 0.15) is 0 Å². The Balaban J connectivity index is 2.17. The van der Waals surface area contributed by atoms with E-state index in [1.54, 1.807) is 0 Å². The van der Waals surface area contributed by atoms with Crippen LogP contribution in [-0.2, 0) is 6.42 Å². The van der Waals surface area contributed by atoms with E-state index >= 15 is 0 Å². The van der Waals surface area contributed by atoms with Crippen LogP contribution in [0.4, 0.5) is 0 Å². The molecule has 0 bridgehead atoms. The second kappa shape index (κ2) is 3.53. The summed E-state index contributed by atoms with van der Waals surface area (Å²) >= 11 is 0. The third kappa shape index (κ3) is 1.67. The highest BCUT2D eigenvalue weighted by atomic mass is 15.7. The number of hydrogen-bond acceptors (Lipinski definition) is 4. The Labute approximate surface area is 77.0 Å². The monoisotopic (exact) mass is 176 g/mol. The summed E-state index contributed by atoms with van der Waals surface area (Å²) in [7, 11) is 0. The van der Waals surface area contributed by atoms with Crippen molar-refractivity contribution in [2.24, 2.45) is 10.3 Å². The lowest BCUT2D eigenvalue weighted by atomic mass is 10.1. The van der Waals surface area contributed by atoms with Crippen LogP contribution in [0.5, 0.6) is 0 Å². The zero-order valence-electron chi connectivity index (χ0n) is 7.49. The van der Waals surface area contributed by atoms with E-state index in [1.165, 1.54) is 5.56 Å². The first kappa shape index (κ1) is 8.19. The number of nitrogens with zero attached hydrogens (tertiary/aromatic N) is 2. The molecule has 0 aliphatic carbocycles. The summed E-state index contributed by atoms with van der Waals surface area (Å²) in [5.74, 6) is 0. The quantitative estimate of drug-likeness (QED) is 0.720. The Morgan fingerprint density at radius 1 is 1.31 bits per heavy atom. The molecule has 2 N–H and O–H groups in total. The van der Waals surface area contributed by atoms with Crippen molar-refractivity contribution in [3.8, 4) is 0 Å². The van der Waals surface area contributed by atoms with E-state index in [1.807, 2.05) is 0 Å². The minimum absolute atomic E-state index is 0.0362. The fraction of sp³-hybridized carbons (Fsp3) is 0.333. The first-order valence-corrected chi connectivity index (χ1v) is 4.39. The van der Waals surface area contributed by atoms with Gasteiger partial charge in [0, 0.05) is 0 Å². The molecule has 0 amide bonds. The van der Waals surface area contributed by atoms with E-state index in [2.05, 4.69) is 52.5 Å². The summed E-state index contributed by atoms with van der Waals surface area (Å²) in [6.07, 6.45) is 1.03. The van der Waals surface area contributed by atoms with Crippen LogP contribution in [0, 0.1) is 0 Å². The van der Waals surface area contributed by atoms with Crippen molar-refractivity contribution in [2.45, 2.75) is 19.5 Å². The second-order valence-electron chi connectivity index (χ2n) is 2.97. The maximum Gasteiger partial charge on any atom is 0.166 e. The summed E-state index contributed by atoms with van der Waals surface area (Å²) in [5.41, 5.74) is 8.00. The number of hydrogen-bond donors (Lipinski definition) is 2. The first-order valence-electron chi connectivity index (χ1n) is 4.39. The van der Waals surface area contributed by atoms with Gasteiger partial charge in [0.2, 0.25) is 0 Å². The molecule has 0 fully saturated rings. The van der Waals surface area contributed by atoms with Crippen molar-refractivity contribution in [3.63, 3.8) is 0 Å². The number of benzene rings is 1. The molecule has 1 aliphatic heterocycles. The summed E-state index contributed by atoms with van der Waals surface area (Å²) in [6, 6.07) is 8.38. The summed E-state index contributed by atoms with van der Waals surface area (Å²) in [5, 5.41) is 7.61. The van der Waals surface area contributed by atoms with Gasteiger partial charge in [-0.25, -0.2) is 5.53 Å². The number of hydrazine groups is 1. The fourth-order valence-electron chi connectivity index (χ4n) is 1.29. The molecular formula is C9H12N4. The van der Waals surface area contributed by atoms with Crippen LogP contribution in [0.1, 0.15) is 24.2 Å². The lowest BCUT2D eigenvalue weighted by molar-refractivity contribution is 0.552. The molecule has 0 radical (unpaired) electrons. The predicted molar refractivity (Wildman–Crippen MR) is 49.7 cm³/mol. The van der Waals surface area contributed by atoms with Crippen molar-refractivity contribution in [2.75, 3.05) is 0 Å². The van der Waals surface area contributed by atoms with Gasteiger partial charge in [-0.3, -0.25) is 0 Å². The largest absolute Gasteiger partial charge is 0.222 e. The maximum absolute atomic E-state index is 3.96. The Hall–Kier alpha value is -1.42. The van der Waals surface area contributed by atoms with E-state index in [9.17, 15) is 0 Å². The van der Waals surface area contributed by atoms with Crippen molar-refractivity contribution < 1.29 is 0 Å². The zero-order chi connectivity index (χ0) is 9.10. The molecule has 1 aromatic rings. The number of rotatable bonds is 2. The molecule has 1 heterocycles. The normalized spacial score (nSPS) is 20.2. The topological polar surface area (TPSA) is 48.8 Å². The second-order valence-corrected chi connectivity index (χ2v) is 2.97.